The van der Waals surface area contributed by atoms with Gasteiger partial charge in [0, 0.05) is 0 Å². The quantitative estimate of drug-likeness (QED) is 0.0451. The zero-order valence-corrected chi connectivity index (χ0v) is 27.3. The minimum Gasteiger partial charge on any atom is -0.462 e. The largest absolute Gasteiger partial charge is 0.462 e. The van der Waals surface area contributed by atoms with Crippen LogP contribution in [0.15, 0.2) is 24.3 Å². The Balaban J connectivity index is 3.54. The van der Waals surface area contributed by atoms with Gasteiger partial charge in [0.15, 0.2) is 0 Å². The van der Waals surface area contributed by atoms with Crippen LogP contribution in [0, 0.1) is 0 Å². The maximum atomic E-state index is 12.1. The molecule has 0 aliphatic rings. The molecule has 5 nitrogen and oxygen atoms in total. The van der Waals surface area contributed by atoms with Crippen LogP contribution in [0.2, 0.25) is 0 Å². The molecule has 41 heavy (non-hydrogen) atoms. The molecular formula is C36H66O5. The van der Waals surface area contributed by atoms with Crippen molar-refractivity contribution in [1.29, 1.82) is 0 Å². The second kappa shape index (κ2) is 31.3. The lowest BCUT2D eigenvalue weighted by atomic mass is 10.1. The van der Waals surface area contributed by atoms with Crippen LogP contribution in [0.3, 0.4) is 0 Å². The summed E-state index contributed by atoms with van der Waals surface area (Å²) in [4.78, 5) is 24.2. The fourth-order valence-corrected chi connectivity index (χ4v) is 4.84. The third-order valence-electron chi connectivity index (χ3n) is 7.59. The fraction of sp³-hybridized carbons (Fsp3) is 0.833. The Kier molecular flexibility index (Phi) is 30.1. The van der Waals surface area contributed by atoms with Gasteiger partial charge in [-0.05, 0) is 12.8 Å². The third-order valence-corrected chi connectivity index (χ3v) is 7.59. The predicted octanol–water partition coefficient (Wildman–Crippen LogP) is 10.6. The second-order valence-electron chi connectivity index (χ2n) is 11.7. The van der Waals surface area contributed by atoms with E-state index in [9.17, 15) is 9.59 Å². The smallest absolute Gasteiger partial charge is 0.335 e. The van der Waals surface area contributed by atoms with Crippen LogP contribution in [0.25, 0.3) is 0 Å². The van der Waals surface area contributed by atoms with E-state index in [2.05, 4.69) is 27.0 Å². The van der Waals surface area contributed by atoms with Gasteiger partial charge < -0.3 is 14.2 Å². The first kappa shape index (κ1) is 39.4. The number of carbonyl (C=O) groups excluding carboxylic acids is 2. The first-order chi connectivity index (χ1) is 20.0. The van der Waals surface area contributed by atoms with Crippen molar-refractivity contribution in [3.8, 4) is 0 Å². The van der Waals surface area contributed by atoms with E-state index in [4.69, 9.17) is 14.2 Å². The molecule has 0 aromatic heterocycles. The summed E-state index contributed by atoms with van der Waals surface area (Å²) in [5.41, 5.74) is 0.503. The Hall–Kier alpha value is -1.62. The highest BCUT2D eigenvalue weighted by Crippen LogP contribution is 2.13. The molecule has 0 N–H and O–H groups in total. The van der Waals surface area contributed by atoms with Gasteiger partial charge >= 0.3 is 11.9 Å². The maximum Gasteiger partial charge on any atom is 0.335 e. The van der Waals surface area contributed by atoms with Gasteiger partial charge in [-0.25, -0.2) is 9.59 Å². The molecule has 0 aromatic carbocycles. The molecule has 240 valence electrons. The van der Waals surface area contributed by atoms with E-state index in [1.807, 2.05) is 0 Å². The lowest BCUT2D eigenvalue weighted by molar-refractivity contribution is -0.139. The lowest BCUT2D eigenvalue weighted by Gasteiger charge is -2.10. The standard InChI is InChI=1S/C36H66O5/c1-5-7-9-11-13-15-17-19-21-23-25-27-29-40-35(37)33(3)31-39-32-34(4)36(38)41-30-28-26-24-22-20-18-16-14-12-10-8-6-2/h3-32H2,1-2H3. The third kappa shape index (κ3) is 28.3. The minimum absolute atomic E-state index is 0.0162. The van der Waals surface area contributed by atoms with E-state index in [1.165, 1.54) is 128 Å². The van der Waals surface area contributed by atoms with Crippen molar-refractivity contribution in [1.82, 2.24) is 0 Å². The van der Waals surface area contributed by atoms with Gasteiger partial charge in [0.25, 0.3) is 0 Å². The molecule has 0 amide bonds. The molecule has 0 fully saturated rings. The van der Waals surface area contributed by atoms with E-state index in [0.29, 0.717) is 13.2 Å². The van der Waals surface area contributed by atoms with Crippen LogP contribution in [0.4, 0.5) is 0 Å². The zero-order valence-electron chi connectivity index (χ0n) is 27.3. The topological polar surface area (TPSA) is 61.8 Å². The van der Waals surface area contributed by atoms with Crippen molar-refractivity contribution in [2.75, 3.05) is 26.4 Å². The molecule has 0 aliphatic carbocycles. The fourth-order valence-electron chi connectivity index (χ4n) is 4.84. The predicted molar refractivity (Wildman–Crippen MR) is 173 cm³/mol. The van der Waals surface area contributed by atoms with E-state index < -0.39 is 11.9 Å². The molecule has 0 spiro atoms. The second-order valence-corrected chi connectivity index (χ2v) is 11.7. The summed E-state index contributed by atoms with van der Waals surface area (Å²) in [6, 6.07) is 0. The maximum absolute atomic E-state index is 12.1. The van der Waals surface area contributed by atoms with Crippen LogP contribution in [0.5, 0.6) is 0 Å². The molecule has 0 aliphatic heterocycles. The van der Waals surface area contributed by atoms with Crippen molar-refractivity contribution >= 4 is 11.9 Å². The number of hydrogen-bond donors (Lipinski definition) is 0. The van der Waals surface area contributed by atoms with Crippen LogP contribution in [0.1, 0.15) is 168 Å². The average molecular weight is 579 g/mol. The number of unbranched alkanes of at least 4 members (excludes halogenated alkanes) is 22. The Morgan fingerprint density at radius 1 is 0.415 bits per heavy atom. The first-order valence-corrected chi connectivity index (χ1v) is 17.3. The van der Waals surface area contributed by atoms with Crippen molar-refractivity contribution in [3.63, 3.8) is 0 Å². The number of esters is 2. The summed E-state index contributed by atoms with van der Waals surface area (Å²) in [5.74, 6) is -0.874. The summed E-state index contributed by atoms with van der Waals surface area (Å²) < 4.78 is 16.0. The Labute approximate surface area is 254 Å². The summed E-state index contributed by atoms with van der Waals surface area (Å²) in [5, 5.41) is 0. The van der Waals surface area contributed by atoms with Gasteiger partial charge in [-0.3, -0.25) is 0 Å². The number of carbonyl (C=O) groups is 2. The molecule has 0 atom stereocenters. The molecular weight excluding hydrogens is 512 g/mol. The van der Waals surface area contributed by atoms with E-state index >= 15 is 0 Å². The van der Waals surface area contributed by atoms with Crippen LogP contribution in [-0.4, -0.2) is 38.4 Å². The Bertz CT molecular complexity index is 588. The van der Waals surface area contributed by atoms with Gasteiger partial charge in [-0.15, -0.1) is 0 Å². The van der Waals surface area contributed by atoms with Gasteiger partial charge in [0.05, 0.1) is 37.6 Å². The monoisotopic (exact) mass is 578 g/mol. The molecule has 0 bridgehead atoms. The number of hydrogen-bond acceptors (Lipinski definition) is 5. The van der Waals surface area contributed by atoms with E-state index in [0.717, 1.165) is 25.7 Å². The highest BCUT2D eigenvalue weighted by molar-refractivity contribution is 5.88. The first-order valence-electron chi connectivity index (χ1n) is 17.3. The van der Waals surface area contributed by atoms with Gasteiger partial charge in [0.1, 0.15) is 0 Å². The Morgan fingerprint density at radius 3 is 0.927 bits per heavy atom. The minimum atomic E-state index is -0.437. The number of ether oxygens (including phenoxy) is 3. The molecule has 0 heterocycles. The van der Waals surface area contributed by atoms with Crippen molar-refractivity contribution < 1.29 is 23.8 Å². The molecule has 0 radical (unpaired) electrons. The van der Waals surface area contributed by atoms with Gasteiger partial charge in [-0.2, -0.15) is 0 Å². The van der Waals surface area contributed by atoms with Gasteiger partial charge in [0.2, 0.25) is 0 Å². The SMILES string of the molecule is C=C(COCC(=C)C(=O)OCCCCCCCCCCCCCC)C(=O)OCCCCCCCCCCCCCC. The van der Waals surface area contributed by atoms with Crippen LogP contribution < -0.4 is 0 Å². The zero-order chi connectivity index (χ0) is 30.2. The van der Waals surface area contributed by atoms with E-state index in [-0.39, 0.29) is 24.4 Å². The lowest BCUT2D eigenvalue weighted by Crippen LogP contribution is -2.16. The molecule has 0 saturated carbocycles. The summed E-state index contributed by atoms with van der Waals surface area (Å²) in [6.07, 6.45) is 30.5. The molecule has 0 unspecified atom stereocenters. The Morgan fingerprint density at radius 2 is 0.659 bits per heavy atom. The molecule has 0 saturated heterocycles. The summed E-state index contributed by atoms with van der Waals surface area (Å²) in [6.45, 7) is 12.9. The molecule has 0 rings (SSSR count). The highest BCUT2D eigenvalue weighted by atomic mass is 16.5. The van der Waals surface area contributed by atoms with Crippen molar-refractivity contribution in [2.45, 2.75) is 168 Å². The summed E-state index contributed by atoms with van der Waals surface area (Å²) in [7, 11) is 0. The summed E-state index contributed by atoms with van der Waals surface area (Å²) >= 11 is 0. The van der Waals surface area contributed by atoms with Crippen molar-refractivity contribution in [2.24, 2.45) is 0 Å². The average Bonchev–Trinajstić information content (AvgIpc) is 2.97. The highest BCUT2D eigenvalue weighted by Gasteiger charge is 2.12. The van der Waals surface area contributed by atoms with Gasteiger partial charge in [-0.1, -0.05) is 168 Å². The van der Waals surface area contributed by atoms with E-state index in [1.54, 1.807) is 0 Å². The van der Waals surface area contributed by atoms with Crippen LogP contribution >= 0.6 is 0 Å². The molecule has 5 heteroatoms. The van der Waals surface area contributed by atoms with Crippen LogP contribution in [-0.2, 0) is 23.8 Å². The molecule has 0 aromatic rings. The number of rotatable bonds is 32. The normalized spacial score (nSPS) is 11.0. The van der Waals surface area contributed by atoms with Crippen molar-refractivity contribution in [3.05, 3.63) is 24.3 Å².